The van der Waals surface area contributed by atoms with Crippen LogP contribution in [0, 0.1) is 35.5 Å². The lowest BCUT2D eigenvalue weighted by Crippen LogP contribution is -2.40. The van der Waals surface area contributed by atoms with E-state index in [2.05, 4.69) is 24.3 Å². The molecule has 1 heterocycles. The molecule has 1 saturated heterocycles. The Labute approximate surface area is 152 Å². The van der Waals surface area contributed by atoms with Crippen molar-refractivity contribution < 1.29 is 9.59 Å². The second-order valence-corrected chi connectivity index (χ2v) is 8.08. The van der Waals surface area contributed by atoms with Crippen LogP contribution in [-0.4, -0.2) is 11.8 Å². The molecule has 0 aromatic heterocycles. The molecule has 1 aliphatic heterocycles. The van der Waals surface area contributed by atoms with E-state index in [9.17, 15) is 9.59 Å². The van der Waals surface area contributed by atoms with Crippen molar-refractivity contribution in [3.05, 3.63) is 66.7 Å². The predicted molar refractivity (Wildman–Crippen MR) is 99.1 cm³/mol. The first-order chi connectivity index (χ1) is 12.7. The topological polar surface area (TPSA) is 37.4 Å². The van der Waals surface area contributed by atoms with E-state index < -0.39 is 0 Å². The number of rotatable bonds is 2. The highest BCUT2D eigenvalue weighted by atomic mass is 16.2. The Balaban J connectivity index is 1.35. The van der Waals surface area contributed by atoms with E-state index in [0.717, 1.165) is 11.1 Å². The normalized spacial score (nSPS) is 36.2. The van der Waals surface area contributed by atoms with E-state index in [1.54, 1.807) is 0 Å². The molecule has 2 aromatic rings. The lowest BCUT2D eigenvalue weighted by Gasteiger charge is -2.37. The van der Waals surface area contributed by atoms with Crippen molar-refractivity contribution in [2.24, 2.45) is 35.5 Å². The smallest absolute Gasteiger partial charge is 0.238 e. The van der Waals surface area contributed by atoms with Gasteiger partial charge in [0.25, 0.3) is 0 Å². The number of anilines is 1. The standard InChI is InChI=1S/C23H19NO2/c25-22-20-16-10-11-17(19-12-18(16)19)21(20)23(26)24(22)15-8-6-14(7-9-15)13-4-2-1-3-5-13/h1-11,16-21H,12H2/t16-,17-,18-,19+,20-,21-/m1/s1. The molecule has 7 rings (SSSR count). The summed E-state index contributed by atoms with van der Waals surface area (Å²) in [5.41, 5.74) is 2.94. The van der Waals surface area contributed by atoms with Crippen LogP contribution in [-0.2, 0) is 9.59 Å². The van der Waals surface area contributed by atoms with Crippen molar-refractivity contribution in [1.29, 1.82) is 0 Å². The fraction of sp³-hybridized carbons (Fsp3) is 0.304. The average Bonchev–Trinajstić information content (AvgIpc) is 3.47. The number of carbonyl (C=O) groups is 2. The summed E-state index contributed by atoms with van der Waals surface area (Å²) >= 11 is 0. The Morgan fingerprint density at radius 2 is 1.23 bits per heavy atom. The molecule has 3 nitrogen and oxygen atoms in total. The minimum Gasteiger partial charge on any atom is -0.274 e. The Kier molecular flexibility index (Phi) is 2.75. The molecule has 0 unspecified atom stereocenters. The van der Waals surface area contributed by atoms with Crippen molar-refractivity contribution in [3.8, 4) is 11.1 Å². The van der Waals surface area contributed by atoms with Gasteiger partial charge in [0, 0.05) is 0 Å². The highest BCUT2D eigenvalue weighted by Crippen LogP contribution is 2.65. The first kappa shape index (κ1) is 14.5. The van der Waals surface area contributed by atoms with E-state index in [-0.39, 0.29) is 35.5 Å². The summed E-state index contributed by atoms with van der Waals surface area (Å²) < 4.78 is 0. The molecule has 0 N–H and O–H groups in total. The van der Waals surface area contributed by atoms with Crippen LogP contribution >= 0.6 is 0 Å². The number of hydrogen-bond acceptors (Lipinski definition) is 2. The summed E-state index contributed by atoms with van der Waals surface area (Å²) in [7, 11) is 0. The number of hydrogen-bond donors (Lipinski definition) is 0. The van der Waals surface area contributed by atoms with E-state index in [1.165, 1.54) is 11.3 Å². The van der Waals surface area contributed by atoms with Crippen molar-refractivity contribution in [2.75, 3.05) is 4.90 Å². The minimum absolute atomic E-state index is 0.0113. The Morgan fingerprint density at radius 3 is 1.81 bits per heavy atom. The van der Waals surface area contributed by atoms with E-state index >= 15 is 0 Å². The third kappa shape index (κ3) is 1.78. The molecular weight excluding hydrogens is 322 g/mol. The number of nitrogens with zero attached hydrogens (tertiary/aromatic N) is 1. The second-order valence-electron chi connectivity index (χ2n) is 8.08. The summed E-state index contributed by atoms with van der Waals surface area (Å²) in [5, 5.41) is 0. The Bertz CT molecular complexity index is 910. The molecule has 3 fully saturated rings. The highest BCUT2D eigenvalue weighted by Gasteiger charge is 2.67. The lowest BCUT2D eigenvalue weighted by atomic mass is 9.63. The monoisotopic (exact) mass is 341 g/mol. The molecular formula is C23H19NO2. The number of amides is 2. The predicted octanol–water partition coefficient (Wildman–Crippen LogP) is 3.91. The second kappa shape index (κ2) is 4.94. The summed E-state index contributed by atoms with van der Waals surface area (Å²) in [6.07, 6.45) is 5.63. The van der Waals surface area contributed by atoms with E-state index in [4.69, 9.17) is 0 Å². The molecule has 2 amide bonds. The van der Waals surface area contributed by atoms with E-state index in [1.807, 2.05) is 42.5 Å². The molecule has 3 heteroatoms. The van der Waals surface area contributed by atoms with Gasteiger partial charge in [-0.2, -0.15) is 0 Å². The van der Waals surface area contributed by atoms with Gasteiger partial charge in [0.05, 0.1) is 17.5 Å². The molecule has 2 saturated carbocycles. The molecule has 128 valence electrons. The number of benzene rings is 2. The maximum absolute atomic E-state index is 13.1. The van der Waals surface area contributed by atoms with Crippen LogP contribution in [0.3, 0.4) is 0 Å². The largest absolute Gasteiger partial charge is 0.274 e. The summed E-state index contributed by atoms with van der Waals surface area (Å²) in [6, 6.07) is 17.9. The Morgan fingerprint density at radius 1 is 0.692 bits per heavy atom. The SMILES string of the molecule is O=C1[C@@H]2[C@@H]3C=C[C@H]([C@@H]4C[C@H]34)[C@H]2C(=O)N1c1ccc(-c2ccccc2)cc1. The first-order valence-corrected chi connectivity index (χ1v) is 9.45. The molecule has 2 aromatic carbocycles. The van der Waals surface area contributed by atoms with Crippen LogP contribution in [0.4, 0.5) is 5.69 Å². The molecule has 26 heavy (non-hydrogen) atoms. The van der Waals surface area contributed by atoms with E-state index in [0.29, 0.717) is 17.5 Å². The van der Waals surface area contributed by atoms with Crippen LogP contribution in [0.15, 0.2) is 66.7 Å². The van der Waals surface area contributed by atoms with Crippen molar-refractivity contribution in [2.45, 2.75) is 6.42 Å². The van der Waals surface area contributed by atoms with Gasteiger partial charge in [-0.15, -0.1) is 0 Å². The zero-order chi connectivity index (χ0) is 17.4. The fourth-order valence-corrected chi connectivity index (χ4v) is 5.65. The van der Waals surface area contributed by atoms with Gasteiger partial charge in [-0.05, 0) is 53.4 Å². The van der Waals surface area contributed by atoms with Gasteiger partial charge in [0.1, 0.15) is 0 Å². The molecule has 2 bridgehead atoms. The highest BCUT2D eigenvalue weighted by molar-refractivity contribution is 6.22. The van der Waals surface area contributed by atoms with Crippen LogP contribution in [0.2, 0.25) is 0 Å². The van der Waals surface area contributed by atoms with Gasteiger partial charge >= 0.3 is 0 Å². The zero-order valence-electron chi connectivity index (χ0n) is 14.3. The van der Waals surface area contributed by atoms with Gasteiger partial charge in [-0.25, -0.2) is 0 Å². The minimum atomic E-state index is -0.130. The number of allylic oxidation sites excluding steroid dienone is 2. The summed E-state index contributed by atoms with van der Waals surface area (Å²) in [5.74, 6) is 1.60. The quantitative estimate of drug-likeness (QED) is 0.613. The molecule has 0 radical (unpaired) electrons. The van der Waals surface area contributed by atoms with Crippen molar-refractivity contribution in [1.82, 2.24) is 0 Å². The number of imide groups is 1. The van der Waals surface area contributed by atoms with Crippen molar-refractivity contribution in [3.63, 3.8) is 0 Å². The molecule has 5 aliphatic rings. The number of carbonyl (C=O) groups excluding carboxylic acids is 2. The fourth-order valence-electron chi connectivity index (χ4n) is 5.65. The maximum atomic E-state index is 13.1. The van der Waals surface area contributed by atoms with Crippen LogP contribution in [0.1, 0.15) is 6.42 Å². The third-order valence-electron chi connectivity index (χ3n) is 6.90. The zero-order valence-corrected chi connectivity index (χ0v) is 14.3. The van der Waals surface area contributed by atoms with Gasteiger partial charge in [-0.1, -0.05) is 54.6 Å². The Hall–Kier alpha value is -2.68. The summed E-state index contributed by atoms with van der Waals surface area (Å²) in [6.45, 7) is 0. The van der Waals surface area contributed by atoms with Gasteiger partial charge < -0.3 is 0 Å². The first-order valence-electron chi connectivity index (χ1n) is 9.45. The molecule has 4 aliphatic carbocycles. The van der Waals surface area contributed by atoms with Gasteiger partial charge in [0.2, 0.25) is 11.8 Å². The van der Waals surface area contributed by atoms with Crippen LogP contribution in [0.5, 0.6) is 0 Å². The lowest BCUT2D eigenvalue weighted by molar-refractivity contribution is -0.124. The molecule has 0 spiro atoms. The van der Waals surface area contributed by atoms with Crippen LogP contribution < -0.4 is 4.90 Å². The van der Waals surface area contributed by atoms with Crippen LogP contribution in [0.25, 0.3) is 11.1 Å². The van der Waals surface area contributed by atoms with Crippen molar-refractivity contribution >= 4 is 17.5 Å². The van der Waals surface area contributed by atoms with Gasteiger partial charge in [-0.3, -0.25) is 14.5 Å². The average molecular weight is 341 g/mol. The summed E-state index contributed by atoms with van der Waals surface area (Å²) in [4.78, 5) is 27.7. The maximum Gasteiger partial charge on any atom is 0.238 e. The molecule has 6 atom stereocenters. The van der Waals surface area contributed by atoms with Gasteiger partial charge in [0.15, 0.2) is 0 Å². The third-order valence-corrected chi connectivity index (χ3v) is 6.90.